The van der Waals surface area contributed by atoms with Gasteiger partial charge in [0.15, 0.2) is 5.58 Å². The minimum atomic E-state index is -0.139. The number of carbonyl (C=O) groups excluding carboxylic acids is 1. The molecule has 0 spiro atoms. The van der Waals surface area contributed by atoms with Crippen molar-refractivity contribution in [1.82, 2.24) is 9.88 Å². The fraction of sp³-hybridized carbons (Fsp3) is 0.227. The first kappa shape index (κ1) is 18.0. The maximum Gasteiger partial charge on any atom is 0.268 e. The number of benzene rings is 2. The van der Waals surface area contributed by atoms with Gasteiger partial charge in [0.2, 0.25) is 0 Å². The van der Waals surface area contributed by atoms with E-state index in [1.165, 1.54) is 0 Å². The van der Waals surface area contributed by atoms with Crippen molar-refractivity contribution >= 4 is 28.0 Å². The van der Waals surface area contributed by atoms with Crippen molar-refractivity contribution in [3.8, 4) is 11.5 Å². The van der Waals surface area contributed by atoms with Crippen molar-refractivity contribution in [1.29, 1.82) is 0 Å². The first-order valence-corrected chi connectivity index (χ1v) is 9.08. The minimum absolute atomic E-state index is 0.139. The molecule has 28 heavy (non-hydrogen) atoms. The normalized spacial score (nSPS) is 11.1. The number of hydrogen-bond donors (Lipinski definition) is 1. The zero-order chi connectivity index (χ0) is 19.7. The smallest absolute Gasteiger partial charge is 0.268 e. The Morgan fingerprint density at radius 3 is 2.68 bits per heavy atom. The number of amides is 1. The molecule has 1 amide bonds. The largest absolute Gasteiger partial charge is 0.497 e. The summed E-state index contributed by atoms with van der Waals surface area (Å²) >= 11 is 0. The Morgan fingerprint density at radius 2 is 1.89 bits per heavy atom. The van der Waals surface area contributed by atoms with Crippen LogP contribution in [0.4, 0.5) is 0 Å². The van der Waals surface area contributed by atoms with E-state index in [1.807, 2.05) is 54.1 Å². The second kappa shape index (κ2) is 7.31. The molecular weight excluding hydrogens is 356 g/mol. The number of aryl methyl sites for hydroxylation is 1. The summed E-state index contributed by atoms with van der Waals surface area (Å²) < 4.78 is 18.4. The molecule has 2 heterocycles. The number of ether oxygens (including phenoxy) is 2. The van der Waals surface area contributed by atoms with Gasteiger partial charge in [-0.1, -0.05) is 12.1 Å². The molecule has 0 aliphatic heterocycles. The predicted molar refractivity (Wildman–Crippen MR) is 108 cm³/mol. The maximum atomic E-state index is 12.7. The Labute approximate surface area is 162 Å². The molecule has 4 rings (SSSR count). The highest BCUT2D eigenvalue weighted by atomic mass is 16.5. The number of hydrogen-bond acceptors (Lipinski definition) is 4. The first-order chi connectivity index (χ1) is 13.6. The first-order valence-electron chi connectivity index (χ1n) is 9.08. The zero-order valence-electron chi connectivity index (χ0n) is 16.1. The topological polar surface area (TPSA) is 65.6 Å². The Kier molecular flexibility index (Phi) is 4.69. The zero-order valence-corrected chi connectivity index (χ0v) is 16.1. The summed E-state index contributed by atoms with van der Waals surface area (Å²) in [5.41, 5.74) is 4.00. The van der Waals surface area contributed by atoms with Gasteiger partial charge in [0.1, 0.15) is 22.8 Å². The quantitative estimate of drug-likeness (QED) is 0.552. The van der Waals surface area contributed by atoms with Crippen LogP contribution in [-0.2, 0) is 13.5 Å². The number of furan rings is 1. The van der Waals surface area contributed by atoms with E-state index >= 15 is 0 Å². The lowest BCUT2D eigenvalue weighted by atomic mass is 10.1. The summed E-state index contributed by atoms with van der Waals surface area (Å²) in [5, 5.41) is 3.98. The second-order valence-corrected chi connectivity index (χ2v) is 6.58. The number of rotatable bonds is 6. The van der Waals surface area contributed by atoms with Gasteiger partial charge in [-0.25, -0.2) is 0 Å². The fourth-order valence-corrected chi connectivity index (χ4v) is 3.53. The monoisotopic (exact) mass is 378 g/mol. The van der Waals surface area contributed by atoms with Crippen LogP contribution in [0.3, 0.4) is 0 Å². The molecule has 0 aliphatic rings. The van der Waals surface area contributed by atoms with Gasteiger partial charge in [0.25, 0.3) is 5.91 Å². The Hall–Kier alpha value is -3.41. The molecular formula is C22H22N2O4. The summed E-state index contributed by atoms with van der Waals surface area (Å²) in [5.74, 6) is 1.40. The fourth-order valence-electron chi connectivity index (χ4n) is 3.53. The molecule has 0 saturated heterocycles. The lowest BCUT2D eigenvalue weighted by Crippen LogP contribution is -2.27. The second-order valence-electron chi connectivity index (χ2n) is 6.58. The van der Waals surface area contributed by atoms with Gasteiger partial charge in [-0.2, -0.15) is 0 Å². The predicted octanol–water partition coefficient (Wildman–Crippen LogP) is 3.91. The molecule has 0 unspecified atom stereocenters. The number of nitrogens with one attached hydrogen (secondary N) is 1. The summed E-state index contributed by atoms with van der Waals surface area (Å²) in [4.78, 5) is 12.7. The van der Waals surface area contributed by atoms with E-state index in [-0.39, 0.29) is 5.91 Å². The summed E-state index contributed by atoms with van der Waals surface area (Å²) in [6, 6.07) is 15.3. The van der Waals surface area contributed by atoms with Gasteiger partial charge in [0, 0.05) is 25.0 Å². The number of fused-ring (bicyclic) bond motifs is 3. The highest BCUT2D eigenvalue weighted by molar-refractivity contribution is 6.07. The Balaban J connectivity index is 1.51. The van der Waals surface area contributed by atoms with Gasteiger partial charge in [-0.3, -0.25) is 4.79 Å². The lowest BCUT2D eigenvalue weighted by molar-refractivity contribution is 0.0946. The van der Waals surface area contributed by atoms with Crippen LogP contribution in [0, 0.1) is 0 Å². The van der Waals surface area contributed by atoms with Gasteiger partial charge < -0.3 is 23.8 Å². The van der Waals surface area contributed by atoms with Crippen molar-refractivity contribution in [3.63, 3.8) is 0 Å². The van der Waals surface area contributed by atoms with Crippen LogP contribution < -0.4 is 14.8 Å². The SMILES string of the molecule is COc1ccc(OC)c(CCNC(=O)c2cc3oc4ccccc4c3n2C)c1. The number of methoxy groups -OCH3 is 2. The molecule has 2 aromatic heterocycles. The van der Waals surface area contributed by atoms with Gasteiger partial charge in [-0.05, 0) is 42.3 Å². The van der Waals surface area contributed by atoms with Gasteiger partial charge >= 0.3 is 0 Å². The molecule has 0 atom stereocenters. The maximum absolute atomic E-state index is 12.7. The standard InChI is InChI=1S/C22H22N2O4/c1-24-17(13-20-21(24)16-6-4-5-7-19(16)28-20)22(25)23-11-10-14-12-15(26-2)8-9-18(14)27-3/h4-9,12-13H,10-11H2,1-3H3,(H,23,25). The molecule has 6 nitrogen and oxygen atoms in total. The van der Waals surface area contributed by atoms with Crippen LogP contribution >= 0.6 is 0 Å². The van der Waals surface area contributed by atoms with Crippen LogP contribution in [-0.4, -0.2) is 31.2 Å². The molecule has 2 aromatic carbocycles. The molecule has 0 aliphatic carbocycles. The molecule has 0 radical (unpaired) electrons. The van der Waals surface area contributed by atoms with E-state index in [2.05, 4.69) is 5.32 Å². The van der Waals surface area contributed by atoms with Crippen molar-refractivity contribution in [2.75, 3.05) is 20.8 Å². The third-order valence-corrected chi connectivity index (χ3v) is 4.96. The average Bonchev–Trinajstić information content (AvgIpc) is 3.24. The number of carbonyl (C=O) groups is 1. The molecule has 4 aromatic rings. The highest BCUT2D eigenvalue weighted by Gasteiger charge is 2.18. The highest BCUT2D eigenvalue weighted by Crippen LogP contribution is 2.30. The van der Waals surface area contributed by atoms with E-state index < -0.39 is 0 Å². The van der Waals surface area contributed by atoms with Crippen molar-refractivity contribution in [2.24, 2.45) is 7.05 Å². The van der Waals surface area contributed by atoms with E-state index in [9.17, 15) is 4.79 Å². The number of aromatic nitrogens is 1. The molecule has 0 saturated carbocycles. The molecule has 1 N–H and O–H groups in total. The van der Waals surface area contributed by atoms with E-state index in [4.69, 9.17) is 13.9 Å². The van der Waals surface area contributed by atoms with E-state index in [0.29, 0.717) is 24.2 Å². The number of nitrogens with zero attached hydrogens (tertiary/aromatic N) is 1. The van der Waals surface area contributed by atoms with Crippen molar-refractivity contribution in [3.05, 3.63) is 59.8 Å². The summed E-state index contributed by atoms with van der Waals surface area (Å²) in [7, 11) is 5.14. The van der Waals surface area contributed by atoms with Gasteiger partial charge in [0.05, 0.1) is 19.7 Å². The van der Waals surface area contributed by atoms with E-state index in [0.717, 1.165) is 33.5 Å². The van der Waals surface area contributed by atoms with Crippen LogP contribution in [0.2, 0.25) is 0 Å². The summed E-state index contributed by atoms with van der Waals surface area (Å²) in [6.45, 7) is 0.482. The average molecular weight is 378 g/mol. The summed E-state index contributed by atoms with van der Waals surface area (Å²) in [6.07, 6.45) is 0.635. The third-order valence-electron chi connectivity index (χ3n) is 4.96. The minimum Gasteiger partial charge on any atom is -0.497 e. The van der Waals surface area contributed by atoms with Crippen LogP contribution in [0.5, 0.6) is 11.5 Å². The number of para-hydroxylation sites is 1. The Bertz CT molecular complexity index is 1160. The molecule has 6 heteroatoms. The molecule has 144 valence electrons. The van der Waals surface area contributed by atoms with Crippen LogP contribution in [0.25, 0.3) is 22.1 Å². The Morgan fingerprint density at radius 1 is 1.07 bits per heavy atom. The van der Waals surface area contributed by atoms with Crippen molar-refractivity contribution < 1.29 is 18.7 Å². The lowest BCUT2D eigenvalue weighted by Gasteiger charge is -2.11. The van der Waals surface area contributed by atoms with Gasteiger partial charge in [-0.15, -0.1) is 0 Å². The van der Waals surface area contributed by atoms with E-state index in [1.54, 1.807) is 20.3 Å². The molecule has 0 fully saturated rings. The van der Waals surface area contributed by atoms with Crippen LogP contribution in [0.1, 0.15) is 16.1 Å². The van der Waals surface area contributed by atoms with Crippen LogP contribution in [0.15, 0.2) is 52.9 Å². The third kappa shape index (κ3) is 3.07. The van der Waals surface area contributed by atoms with Crippen molar-refractivity contribution in [2.45, 2.75) is 6.42 Å². The molecule has 0 bridgehead atoms.